The maximum Gasteiger partial charge on any atom is 0.158 e. The van der Waals surface area contributed by atoms with Gasteiger partial charge in [-0.05, 0) is 32.3 Å². The molecule has 0 amide bonds. The highest BCUT2D eigenvalue weighted by atomic mass is 15.3. The van der Waals surface area contributed by atoms with E-state index < -0.39 is 0 Å². The van der Waals surface area contributed by atoms with Gasteiger partial charge in [0.15, 0.2) is 5.65 Å². The summed E-state index contributed by atoms with van der Waals surface area (Å²) in [6, 6.07) is 0. The van der Waals surface area contributed by atoms with Gasteiger partial charge in [-0.15, -0.1) is 0 Å². The van der Waals surface area contributed by atoms with Gasteiger partial charge in [-0.3, -0.25) is 0 Å². The Balaban J connectivity index is 2.15. The molecule has 1 aliphatic rings. The second kappa shape index (κ2) is 4.13. The van der Waals surface area contributed by atoms with Gasteiger partial charge in [0, 0.05) is 17.7 Å². The molecular weight excluding hydrogens is 210 g/mol. The highest BCUT2D eigenvalue weighted by Crippen LogP contribution is 2.34. The third-order valence-corrected chi connectivity index (χ3v) is 3.92. The molecule has 0 aromatic carbocycles. The summed E-state index contributed by atoms with van der Waals surface area (Å²) in [6.45, 7) is 4.24. The molecule has 0 atom stereocenters. The molecule has 3 heteroatoms. The van der Waals surface area contributed by atoms with Gasteiger partial charge in [-0.2, -0.15) is 5.10 Å². The van der Waals surface area contributed by atoms with Crippen molar-refractivity contribution in [2.45, 2.75) is 51.9 Å². The van der Waals surface area contributed by atoms with Crippen LogP contribution in [0.5, 0.6) is 0 Å². The first-order valence-corrected chi connectivity index (χ1v) is 6.57. The van der Waals surface area contributed by atoms with Crippen LogP contribution in [0.15, 0.2) is 12.4 Å². The van der Waals surface area contributed by atoms with Gasteiger partial charge in [-0.1, -0.05) is 19.3 Å². The average Bonchev–Trinajstić information content (AvgIpc) is 2.72. The maximum atomic E-state index is 4.51. The summed E-state index contributed by atoms with van der Waals surface area (Å²) < 4.78 is 2.07. The van der Waals surface area contributed by atoms with Crippen molar-refractivity contribution in [2.75, 3.05) is 0 Å². The van der Waals surface area contributed by atoms with E-state index in [9.17, 15) is 0 Å². The Hall–Kier alpha value is -1.38. The number of aromatic nitrogens is 3. The lowest BCUT2D eigenvalue weighted by molar-refractivity contribution is 0.429. The molecule has 0 radical (unpaired) electrons. The van der Waals surface area contributed by atoms with Crippen molar-refractivity contribution in [3.05, 3.63) is 29.2 Å². The average molecular weight is 229 g/mol. The molecule has 0 spiro atoms. The third kappa shape index (κ3) is 1.74. The minimum Gasteiger partial charge on any atom is -0.236 e. The Morgan fingerprint density at radius 2 is 1.82 bits per heavy atom. The van der Waals surface area contributed by atoms with Crippen LogP contribution in [-0.2, 0) is 0 Å². The van der Waals surface area contributed by atoms with Crippen LogP contribution >= 0.6 is 0 Å². The number of fused-ring (bicyclic) bond motifs is 1. The number of rotatable bonds is 1. The molecule has 2 aromatic rings. The highest BCUT2D eigenvalue weighted by Gasteiger charge is 2.21. The molecule has 3 nitrogen and oxygen atoms in total. The molecule has 0 bridgehead atoms. The number of hydrogen-bond acceptors (Lipinski definition) is 2. The lowest BCUT2D eigenvalue weighted by atomic mass is 9.85. The molecule has 1 aliphatic carbocycles. The van der Waals surface area contributed by atoms with E-state index in [4.69, 9.17) is 0 Å². The molecule has 0 aliphatic heterocycles. The van der Waals surface area contributed by atoms with Crippen molar-refractivity contribution >= 4 is 5.65 Å². The van der Waals surface area contributed by atoms with E-state index >= 15 is 0 Å². The van der Waals surface area contributed by atoms with Crippen LogP contribution in [0.4, 0.5) is 0 Å². The standard InChI is InChI=1S/C14H19N3/c1-10-8-15-14-11(2)9-16-17(14)13(10)12-6-4-3-5-7-12/h8-9,12H,3-7H2,1-2H3. The number of nitrogens with zero attached hydrogens (tertiary/aromatic N) is 3. The van der Waals surface area contributed by atoms with E-state index in [-0.39, 0.29) is 0 Å². The second-order valence-corrected chi connectivity index (χ2v) is 5.22. The van der Waals surface area contributed by atoms with Crippen molar-refractivity contribution in [1.29, 1.82) is 0 Å². The fourth-order valence-electron chi connectivity index (χ4n) is 3.02. The van der Waals surface area contributed by atoms with E-state index in [1.165, 1.54) is 48.9 Å². The van der Waals surface area contributed by atoms with Crippen LogP contribution in [-0.4, -0.2) is 14.6 Å². The Labute approximate surface area is 102 Å². The lowest BCUT2D eigenvalue weighted by Crippen LogP contribution is -2.12. The van der Waals surface area contributed by atoms with Crippen molar-refractivity contribution in [2.24, 2.45) is 0 Å². The van der Waals surface area contributed by atoms with E-state index in [0.717, 1.165) is 5.65 Å². The van der Waals surface area contributed by atoms with Crippen LogP contribution in [0.2, 0.25) is 0 Å². The van der Waals surface area contributed by atoms with Gasteiger partial charge in [0.05, 0.1) is 11.9 Å². The van der Waals surface area contributed by atoms with Crippen LogP contribution in [0.3, 0.4) is 0 Å². The molecule has 1 fully saturated rings. The predicted molar refractivity (Wildman–Crippen MR) is 68.3 cm³/mol. The largest absolute Gasteiger partial charge is 0.236 e. The molecule has 0 N–H and O–H groups in total. The molecule has 17 heavy (non-hydrogen) atoms. The summed E-state index contributed by atoms with van der Waals surface area (Å²) in [5, 5.41) is 4.51. The Morgan fingerprint density at radius 1 is 1.06 bits per heavy atom. The third-order valence-electron chi connectivity index (χ3n) is 3.92. The van der Waals surface area contributed by atoms with Gasteiger partial charge in [0.2, 0.25) is 0 Å². The first-order chi connectivity index (χ1) is 8.27. The molecule has 2 aromatic heterocycles. The SMILES string of the molecule is Cc1cnc2c(C)cnn2c1C1CCCCC1. The van der Waals surface area contributed by atoms with Crippen molar-refractivity contribution in [3.8, 4) is 0 Å². The minimum atomic E-state index is 0.675. The van der Waals surface area contributed by atoms with Gasteiger partial charge >= 0.3 is 0 Å². The zero-order valence-corrected chi connectivity index (χ0v) is 10.6. The first-order valence-electron chi connectivity index (χ1n) is 6.57. The molecule has 90 valence electrons. The molecule has 0 saturated heterocycles. The van der Waals surface area contributed by atoms with Crippen LogP contribution in [0.25, 0.3) is 5.65 Å². The minimum absolute atomic E-state index is 0.675. The van der Waals surface area contributed by atoms with Gasteiger partial charge < -0.3 is 0 Å². The van der Waals surface area contributed by atoms with Gasteiger partial charge in [0.1, 0.15) is 0 Å². The Kier molecular flexibility index (Phi) is 2.61. The second-order valence-electron chi connectivity index (χ2n) is 5.22. The fourth-order valence-corrected chi connectivity index (χ4v) is 3.02. The fraction of sp³-hybridized carbons (Fsp3) is 0.571. The monoisotopic (exact) mass is 229 g/mol. The summed E-state index contributed by atoms with van der Waals surface area (Å²) in [5.41, 5.74) is 4.87. The first kappa shape index (κ1) is 10.8. The van der Waals surface area contributed by atoms with Gasteiger partial charge in [0.25, 0.3) is 0 Å². The summed E-state index contributed by atoms with van der Waals surface area (Å²) in [6.07, 6.45) is 10.6. The van der Waals surface area contributed by atoms with Crippen molar-refractivity contribution in [3.63, 3.8) is 0 Å². The Bertz CT molecular complexity index is 536. The quantitative estimate of drug-likeness (QED) is 0.750. The number of aryl methyl sites for hydroxylation is 2. The van der Waals surface area contributed by atoms with E-state index in [1.807, 2.05) is 12.4 Å². The normalized spacial score (nSPS) is 17.8. The molecule has 2 heterocycles. The Morgan fingerprint density at radius 3 is 2.59 bits per heavy atom. The zero-order valence-electron chi connectivity index (χ0n) is 10.6. The van der Waals surface area contributed by atoms with Crippen molar-refractivity contribution < 1.29 is 0 Å². The zero-order chi connectivity index (χ0) is 11.8. The molecule has 1 saturated carbocycles. The lowest BCUT2D eigenvalue weighted by Gasteiger charge is -2.23. The number of hydrogen-bond donors (Lipinski definition) is 0. The van der Waals surface area contributed by atoms with Crippen LogP contribution < -0.4 is 0 Å². The van der Waals surface area contributed by atoms with Crippen LogP contribution in [0, 0.1) is 13.8 Å². The summed E-state index contributed by atoms with van der Waals surface area (Å²) >= 11 is 0. The van der Waals surface area contributed by atoms with Gasteiger partial charge in [-0.25, -0.2) is 9.50 Å². The van der Waals surface area contributed by atoms with E-state index in [0.29, 0.717) is 5.92 Å². The summed E-state index contributed by atoms with van der Waals surface area (Å²) in [4.78, 5) is 4.50. The van der Waals surface area contributed by atoms with E-state index in [2.05, 4.69) is 28.4 Å². The smallest absolute Gasteiger partial charge is 0.158 e. The van der Waals surface area contributed by atoms with Crippen molar-refractivity contribution in [1.82, 2.24) is 14.6 Å². The predicted octanol–water partition coefficient (Wildman–Crippen LogP) is 3.39. The summed E-state index contributed by atoms with van der Waals surface area (Å²) in [5.74, 6) is 0.675. The molecule has 0 unspecified atom stereocenters. The topological polar surface area (TPSA) is 30.2 Å². The summed E-state index contributed by atoms with van der Waals surface area (Å²) in [7, 11) is 0. The van der Waals surface area contributed by atoms with Crippen LogP contribution in [0.1, 0.15) is 54.8 Å². The molecule has 3 rings (SSSR count). The molecular formula is C14H19N3. The highest BCUT2D eigenvalue weighted by molar-refractivity contribution is 5.47. The van der Waals surface area contributed by atoms with E-state index in [1.54, 1.807) is 0 Å². The maximum absolute atomic E-state index is 4.51.